The highest BCUT2D eigenvalue weighted by Crippen LogP contribution is 2.35. The molecule has 1 unspecified atom stereocenters. The van der Waals surface area contributed by atoms with Gasteiger partial charge >= 0.3 is 0 Å². The first-order chi connectivity index (χ1) is 13.2. The summed E-state index contributed by atoms with van der Waals surface area (Å²) >= 11 is 0. The van der Waals surface area contributed by atoms with E-state index >= 15 is 0 Å². The van der Waals surface area contributed by atoms with E-state index in [9.17, 15) is 0 Å². The Balaban J connectivity index is 6.00. The highest BCUT2D eigenvalue weighted by atomic mass is 28.4. The van der Waals surface area contributed by atoms with Crippen LogP contribution in [0.1, 0.15) is 62.3 Å². The van der Waals surface area contributed by atoms with E-state index in [4.69, 9.17) is 21.7 Å². The van der Waals surface area contributed by atoms with Crippen LogP contribution >= 0.6 is 0 Å². The Morgan fingerprint density at radius 2 is 0.857 bits per heavy atom. The van der Waals surface area contributed by atoms with E-state index in [-0.39, 0.29) is 30.0 Å². The van der Waals surface area contributed by atoms with Gasteiger partial charge in [0, 0.05) is 17.8 Å². The molecule has 162 valence electrons. The van der Waals surface area contributed by atoms with Gasteiger partial charge in [0.15, 0.2) is 16.6 Å². The monoisotopic (exact) mass is 422 g/mol. The number of hydrogen-bond donors (Lipinski definition) is 0. The van der Waals surface area contributed by atoms with Crippen LogP contribution in [-0.2, 0) is 8.85 Å². The molecule has 0 bridgehead atoms. The van der Waals surface area contributed by atoms with Crippen LogP contribution in [0.15, 0.2) is 0 Å². The SMILES string of the molecule is C#C[C@@H](C)[C@H](O[Si](CC)(CC)CC)C(C)[C@H](O[Si](CC)(CC)CC)[C@H](C)C#C. The molecule has 2 nitrogen and oxygen atoms in total. The molecule has 0 aromatic heterocycles. The van der Waals surface area contributed by atoms with E-state index in [1.807, 2.05) is 0 Å². The van der Waals surface area contributed by atoms with Gasteiger partial charge in [0.2, 0.25) is 0 Å². The minimum absolute atomic E-state index is 0.00501. The topological polar surface area (TPSA) is 18.5 Å². The Morgan fingerprint density at radius 1 is 0.607 bits per heavy atom. The molecule has 0 N–H and O–H groups in total. The molecule has 4 heteroatoms. The quantitative estimate of drug-likeness (QED) is 0.223. The third kappa shape index (κ3) is 6.77. The fourth-order valence-electron chi connectivity index (χ4n) is 4.28. The molecule has 0 aromatic carbocycles. The smallest absolute Gasteiger partial charge is 0.192 e. The summed E-state index contributed by atoms with van der Waals surface area (Å²) in [6, 6.07) is 6.72. The van der Waals surface area contributed by atoms with Crippen molar-refractivity contribution in [2.45, 2.75) is 111 Å². The zero-order chi connectivity index (χ0) is 22.0. The molecule has 0 amide bonds. The van der Waals surface area contributed by atoms with Crippen molar-refractivity contribution in [3.05, 3.63) is 0 Å². The van der Waals surface area contributed by atoms with E-state index in [0.717, 1.165) is 36.3 Å². The lowest BCUT2D eigenvalue weighted by molar-refractivity contribution is 0.00710. The number of terminal acetylenes is 2. The maximum atomic E-state index is 6.95. The number of rotatable bonds is 14. The van der Waals surface area contributed by atoms with Crippen molar-refractivity contribution in [3.63, 3.8) is 0 Å². The van der Waals surface area contributed by atoms with Crippen molar-refractivity contribution in [1.29, 1.82) is 0 Å². The molecule has 0 saturated carbocycles. The van der Waals surface area contributed by atoms with Gasteiger partial charge in [0.25, 0.3) is 0 Å². The Hall–Kier alpha value is -0.526. The molecular weight excluding hydrogens is 376 g/mol. The zero-order valence-electron chi connectivity index (χ0n) is 20.1. The van der Waals surface area contributed by atoms with Crippen molar-refractivity contribution in [3.8, 4) is 24.7 Å². The van der Waals surface area contributed by atoms with Crippen LogP contribution in [0, 0.1) is 42.4 Å². The average molecular weight is 423 g/mol. The molecule has 0 aliphatic rings. The maximum absolute atomic E-state index is 6.95. The van der Waals surface area contributed by atoms with Gasteiger partial charge in [-0.05, 0) is 50.1 Å². The highest BCUT2D eigenvalue weighted by molar-refractivity contribution is 6.74. The molecule has 0 aliphatic carbocycles. The first-order valence-corrected chi connectivity index (χ1v) is 16.5. The van der Waals surface area contributed by atoms with Crippen molar-refractivity contribution >= 4 is 16.6 Å². The Kier molecular flexibility index (Phi) is 12.7. The van der Waals surface area contributed by atoms with Gasteiger partial charge < -0.3 is 8.85 Å². The lowest BCUT2D eigenvalue weighted by atomic mass is 9.85. The first kappa shape index (κ1) is 27.5. The van der Waals surface area contributed by atoms with Crippen molar-refractivity contribution in [2.75, 3.05) is 0 Å². The van der Waals surface area contributed by atoms with Gasteiger partial charge in [-0.25, -0.2) is 0 Å². The van der Waals surface area contributed by atoms with Crippen LogP contribution < -0.4 is 0 Å². The maximum Gasteiger partial charge on any atom is 0.192 e. The van der Waals surface area contributed by atoms with Gasteiger partial charge in [0.1, 0.15) is 0 Å². The van der Waals surface area contributed by atoms with Gasteiger partial charge in [-0.1, -0.05) is 48.5 Å². The van der Waals surface area contributed by atoms with E-state index in [2.05, 4.69) is 74.2 Å². The summed E-state index contributed by atoms with van der Waals surface area (Å²) in [6.45, 7) is 20.1. The molecule has 0 saturated heterocycles. The van der Waals surface area contributed by atoms with Crippen LogP contribution in [0.25, 0.3) is 0 Å². The summed E-state index contributed by atoms with van der Waals surface area (Å²) < 4.78 is 13.9. The van der Waals surface area contributed by atoms with Gasteiger partial charge in [0.05, 0.1) is 12.2 Å². The van der Waals surface area contributed by atoms with E-state index in [1.165, 1.54) is 0 Å². The molecule has 0 aliphatic heterocycles. The Labute approximate surface area is 178 Å². The van der Waals surface area contributed by atoms with Crippen molar-refractivity contribution in [2.24, 2.45) is 17.8 Å². The fourth-order valence-corrected chi connectivity index (χ4v) is 10.3. The molecule has 0 fully saturated rings. The lowest BCUT2D eigenvalue weighted by Gasteiger charge is -2.44. The molecule has 0 radical (unpaired) electrons. The predicted octanol–water partition coefficient (Wildman–Crippen LogP) is 6.94. The van der Waals surface area contributed by atoms with Crippen LogP contribution in [0.4, 0.5) is 0 Å². The summed E-state index contributed by atoms with van der Waals surface area (Å²) in [4.78, 5) is 0. The van der Waals surface area contributed by atoms with Gasteiger partial charge in [-0.15, -0.1) is 24.7 Å². The molecule has 0 heterocycles. The van der Waals surface area contributed by atoms with Crippen molar-refractivity contribution < 1.29 is 8.85 Å². The minimum Gasteiger partial charge on any atom is -0.412 e. The number of hydrogen-bond acceptors (Lipinski definition) is 2. The molecule has 5 atom stereocenters. The molecule has 28 heavy (non-hydrogen) atoms. The van der Waals surface area contributed by atoms with Gasteiger partial charge in [-0.2, -0.15) is 0 Å². The van der Waals surface area contributed by atoms with Crippen molar-refractivity contribution in [1.82, 2.24) is 0 Å². The third-order valence-electron chi connectivity index (χ3n) is 7.19. The summed E-state index contributed by atoms with van der Waals surface area (Å²) in [6.07, 6.45) is 11.8. The van der Waals surface area contributed by atoms with Crippen LogP contribution in [-0.4, -0.2) is 28.8 Å². The summed E-state index contributed by atoms with van der Waals surface area (Å²) in [5.74, 6) is 6.18. The van der Waals surface area contributed by atoms with E-state index in [1.54, 1.807) is 0 Å². The predicted molar refractivity (Wildman–Crippen MR) is 129 cm³/mol. The van der Waals surface area contributed by atoms with Crippen LogP contribution in [0.2, 0.25) is 36.3 Å². The van der Waals surface area contributed by atoms with Crippen LogP contribution in [0.5, 0.6) is 0 Å². The highest BCUT2D eigenvalue weighted by Gasteiger charge is 2.42. The summed E-state index contributed by atoms with van der Waals surface area (Å²) in [5.41, 5.74) is 0. The summed E-state index contributed by atoms with van der Waals surface area (Å²) in [5, 5.41) is 0. The standard InChI is InChI=1S/C24H46O2Si2/c1-12-20(9)23(25-27(14-3,15-4)16-5)22(11)24(21(10)13-2)26-28(17-6,18-7)19-8/h1-2,20-24H,14-19H2,3-11H3/t20-,21-,22?,23-,24+/m1/s1. The third-order valence-corrected chi connectivity index (χ3v) is 16.5. The minimum atomic E-state index is -1.79. The average Bonchev–Trinajstić information content (AvgIpc) is 2.75. The largest absolute Gasteiger partial charge is 0.412 e. The second-order valence-electron chi connectivity index (χ2n) is 8.42. The molecule has 0 spiro atoms. The van der Waals surface area contributed by atoms with Gasteiger partial charge in [-0.3, -0.25) is 0 Å². The summed E-state index contributed by atoms with van der Waals surface area (Å²) in [7, 11) is -3.58. The van der Waals surface area contributed by atoms with E-state index in [0.29, 0.717) is 0 Å². The first-order valence-electron chi connectivity index (χ1n) is 11.5. The van der Waals surface area contributed by atoms with E-state index < -0.39 is 16.6 Å². The molecular formula is C24H46O2Si2. The second-order valence-corrected chi connectivity index (χ2v) is 17.9. The molecule has 0 aromatic rings. The Morgan fingerprint density at radius 3 is 1.04 bits per heavy atom. The molecule has 0 rings (SSSR count). The zero-order valence-corrected chi connectivity index (χ0v) is 22.1. The fraction of sp³-hybridized carbons (Fsp3) is 0.833. The second kappa shape index (κ2) is 12.9. The normalized spacial score (nSPS) is 17.8. The Bertz CT molecular complexity index is 449. The lowest BCUT2D eigenvalue weighted by Crippen LogP contribution is -2.51. The van der Waals surface area contributed by atoms with Crippen LogP contribution in [0.3, 0.4) is 0 Å².